The molecule has 5 rings (SSSR count). The van der Waals surface area contributed by atoms with E-state index in [-0.39, 0.29) is 24.6 Å². The standard InChI is InChI=1S/C26H29ClN6O2S/c1-15(2)9-24-32-21-12-28-20(19-8-4-6-17(14-34)30-19)11-22(21)33(24)18-7-3-5-16(10-18)31-25(35)26-29-13-23(27)36-26/h4,6,8,11-13,15-16,18,34H,3,5,7,9-10,14H2,1-2H3,(H,31,35)/t16?,18-/m1/s1. The third-order valence-corrected chi connectivity index (χ3v) is 7.60. The quantitative estimate of drug-likeness (QED) is 0.344. The molecule has 8 nitrogen and oxygen atoms in total. The van der Waals surface area contributed by atoms with Crippen molar-refractivity contribution in [2.75, 3.05) is 0 Å². The van der Waals surface area contributed by atoms with Crippen LogP contribution >= 0.6 is 22.9 Å². The highest BCUT2D eigenvalue weighted by Crippen LogP contribution is 2.34. The van der Waals surface area contributed by atoms with Gasteiger partial charge in [0.1, 0.15) is 15.7 Å². The molecule has 0 bridgehead atoms. The van der Waals surface area contributed by atoms with Crippen LogP contribution in [0, 0.1) is 5.92 Å². The van der Waals surface area contributed by atoms with Crippen LogP contribution in [0.2, 0.25) is 4.34 Å². The molecule has 10 heteroatoms. The van der Waals surface area contributed by atoms with Gasteiger partial charge in [-0.15, -0.1) is 0 Å². The van der Waals surface area contributed by atoms with E-state index in [0.717, 1.165) is 60.3 Å². The highest BCUT2D eigenvalue weighted by Gasteiger charge is 2.29. The number of nitrogens with zero attached hydrogens (tertiary/aromatic N) is 5. The summed E-state index contributed by atoms with van der Waals surface area (Å²) < 4.78 is 2.86. The number of amides is 1. The van der Waals surface area contributed by atoms with E-state index in [1.807, 2.05) is 18.3 Å². The molecule has 1 aliphatic carbocycles. The minimum absolute atomic E-state index is 0.0486. The van der Waals surface area contributed by atoms with Gasteiger partial charge in [-0.1, -0.05) is 42.9 Å². The lowest BCUT2D eigenvalue weighted by atomic mass is 9.90. The summed E-state index contributed by atoms with van der Waals surface area (Å²) in [6.07, 6.45) is 7.95. The minimum Gasteiger partial charge on any atom is -0.390 e. The molecule has 0 radical (unpaired) electrons. The number of halogens is 1. The number of aromatic nitrogens is 5. The first kappa shape index (κ1) is 24.8. The molecule has 36 heavy (non-hydrogen) atoms. The predicted molar refractivity (Wildman–Crippen MR) is 141 cm³/mol. The van der Waals surface area contributed by atoms with E-state index in [1.165, 1.54) is 17.5 Å². The van der Waals surface area contributed by atoms with E-state index in [4.69, 9.17) is 16.6 Å². The van der Waals surface area contributed by atoms with Crippen LogP contribution < -0.4 is 5.32 Å². The monoisotopic (exact) mass is 524 g/mol. The van der Waals surface area contributed by atoms with Crippen LogP contribution in [0.15, 0.2) is 36.7 Å². The Morgan fingerprint density at radius 1 is 1.22 bits per heavy atom. The zero-order chi connectivity index (χ0) is 25.2. The van der Waals surface area contributed by atoms with E-state index >= 15 is 0 Å². The topological polar surface area (TPSA) is 106 Å². The first-order valence-corrected chi connectivity index (χ1v) is 13.5. The van der Waals surface area contributed by atoms with Crippen molar-refractivity contribution in [3.05, 3.63) is 57.5 Å². The minimum atomic E-state index is -0.170. The van der Waals surface area contributed by atoms with Crippen molar-refractivity contribution in [1.29, 1.82) is 0 Å². The van der Waals surface area contributed by atoms with E-state index < -0.39 is 0 Å². The van der Waals surface area contributed by atoms with Gasteiger partial charge in [-0.2, -0.15) is 0 Å². The summed E-state index contributed by atoms with van der Waals surface area (Å²) in [4.78, 5) is 31.0. The van der Waals surface area contributed by atoms with Crippen LogP contribution in [0.5, 0.6) is 0 Å². The molecule has 0 aromatic carbocycles. The third kappa shape index (κ3) is 5.28. The number of aliphatic hydroxyl groups excluding tert-OH is 1. The molecule has 188 valence electrons. The Labute approximate surface area is 218 Å². The van der Waals surface area contributed by atoms with Crippen LogP contribution in [0.4, 0.5) is 0 Å². The third-order valence-electron chi connectivity index (χ3n) is 6.49. The highest BCUT2D eigenvalue weighted by atomic mass is 35.5. The molecule has 1 unspecified atom stereocenters. The predicted octanol–water partition coefficient (Wildman–Crippen LogP) is 5.21. The summed E-state index contributed by atoms with van der Waals surface area (Å²) in [5.41, 5.74) is 3.96. The summed E-state index contributed by atoms with van der Waals surface area (Å²) in [7, 11) is 0. The van der Waals surface area contributed by atoms with Crippen LogP contribution in [0.3, 0.4) is 0 Å². The van der Waals surface area contributed by atoms with Crippen molar-refractivity contribution in [3.8, 4) is 11.4 Å². The number of hydrogen-bond acceptors (Lipinski definition) is 7. The number of fused-ring (bicyclic) bond motifs is 1. The van der Waals surface area contributed by atoms with Crippen molar-refractivity contribution < 1.29 is 9.90 Å². The van der Waals surface area contributed by atoms with E-state index in [0.29, 0.717) is 21.0 Å². The van der Waals surface area contributed by atoms with Gasteiger partial charge in [-0.25, -0.2) is 15.0 Å². The molecule has 4 aromatic rings. The first-order chi connectivity index (χ1) is 17.4. The van der Waals surface area contributed by atoms with E-state index in [2.05, 4.69) is 44.7 Å². The second-order valence-corrected chi connectivity index (χ2v) is 11.3. The number of carbonyl (C=O) groups excluding carboxylic acids is 1. The fraction of sp³-hybridized carbons (Fsp3) is 0.423. The Balaban J connectivity index is 1.48. The number of thiazole rings is 1. The first-order valence-electron chi connectivity index (χ1n) is 12.3. The molecular formula is C26H29ClN6O2S. The Morgan fingerprint density at radius 2 is 2.08 bits per heavy atom. The van der Waals surface area contributed by atoms with Gasteiger partial charge >= 0.3 is 0 Å². The molecule has 1 amide bonds. The van der Waals surface area contributed by atoms with E-state index in [1.54, 1.807) is 6.07 Å². The maximum Gasteiger partial charge on any atom is 0.280 e. The van der Waals surface area contributed by atoms with Crippen LogP contribution in [0.1, 0.15) is 66.9 Å². The number of nitrogens with one attached hydrogen (secondary N) is 1. The number of carbonyl (C=O) groups is 1. The Bertz CT molecular complexity index is 1380. The van der Waals surface area contributed by atoms with Crippen molar-refractivity contribution >= 4 is 39.9 Å². The van der Waals surface area contributed by atoms with Crippen LogP contribution in [0.25, 0.3) is 22.4 Å². The van der Waals surface area contributed by atoms with Crippen molar-refractivity contribution in [3.63, 3.8) is 0 Å². The fourth-order valence-corrected chi connectivity index (χ4v) is 5.77. The molecule has 2 atom stereocenters. The van der Waals surface area contributed by atoms with Gasteiger partial charge in [0.25, 0.3) is 5.91 Å². The SMILES string of the molecule is CC(C)Cc1nc2cnc(-c3cccc(CO)n3)cc2n1[C@@H]1CCCC(NC(=O)c2ncc(Cl)s2)C1. The number of aliphatic hydroxyl groups is 1. The molecule has 1 fully saturated rings. The van der Waals surface area contributed by atoms with Gasteiger partial charge in [0.05, 0.1) is 41.6 Å². The number of hydrogen-bond donors (Lipinski definition) is 2. The van der Waals surface area contributed by atoms with Gasteiger partial charge in [0.2, 0.25) is 0 Å². The van der Waals surface area contributed by atoms with E-state index in [9.17, 15) is 9.90 Å². The molecule has 4 aromatic heterocycles. The summed E-state index contributed by atoms with van der Waals surface area (Å²) in [6, 6.07) is 7.88. The maximum absolute atomic E-state index is 12.7. The Morgan fingerprint density at radius 3 is 2.83 bits per heavy atom. The second-order valence-electron chi connectivity index (χ2n) is 9.69. The summed E-state index contributed by atoms with van der Waals surface area (Å²) in [6.45, 7) is 4.27. The van der Waals surface area contributed by atoms with Crippen LogP contribution in [-0.4, -0.2) is 41.6 Å². The molecule has 2 N–H and O–H groups in total. The summed E-state index contributed by atoms with van der Waals surface area (Å²) in [5.74, 6) is 1.32. The largest absolute Gasteiger partial charge is 0.390 e. The van der Waals surface area contributed by atoms with Gasteiger partial charge in [0, 0.05) is 18.5 Å². The molecule has 0 spiro atoms. The smallest absolute Gasteiger partial charge is 0.280 e. The lowest BCUT2D eigenvalue weighted by Gasteiger charge is -2.32. The molecule has 1 saturated carbocycles. The van der Waals surface area contributed by atoms with Crippen molar-refractivity contribution in [2.45, 2.75) is 64.6 Å². The van der Waals surface area contributed by atoms with Crippen molar-refractivity contribution in [1.82, 2.24) is 29.8 Å². The van der Waals surface area contributed by atoms with Gasteiger partial charge in [0.15, 0.2) is 5.01 Å². The molecule has 0 aliphatic heterocycles. The van der Waals surface area contributed by atoms with Gasteiger partial charge in [-0.3, -0.25) is 9.78 Å². The molecule has 0 saturated heterocycles. The average molecular weight is 525 g/mol. The van der Waals surface area contributed by atoms with Gasteiger partial charge < -0.3 is 15.0 Å². The number of pyridine rings is 2. The zero-order valence-corrected chi connectivity index (χ0v) is 21.9. The number of rotatable bonds is 7. The van der Waals surface area contributed by atoms with Crippen LogP contribution in [-0.2, 0) is 13.0 Å². The molecule has 1 aliphatic rings. The fourth-order valence-electron chi connectivity index (χ4n) is 4.95. The Kier molecular flexibility index (Phi) is 7.32. The number of imidazole rings is 1. The molecular weight excluding hydrogens is 496 g/mol. The summed E-state index contributed by atoms with van der Waals surface area (Å²) in [5, 5.41) is 13.1. The normalized spacial score (nSPS) is 18.1. The lowest BCUT2D eigenvalue weighted by molar-refractivity contribution is 0.0920. The second kappa shape index (κ2) is 10.6. The van der Waals surface area contributed by atoms with Crippen molar-refractivity contribution in [2.24, 2.45) is 5.92 Å². The maximum atomic E-state index is 12.7. The summed E-state index contributed by atoms with van der Waals surface area (Å²) >= 11 is 7.16. The molecule has 4 heterocycles. The highest BCUT2D eigenvalue weighted by molar-refractivity contribution is 7.17. The van der Waals surface area contributed by atoms with Gasteiger partial charge in [-0.05, 0) is 49.8 Å². The Hall–Kier alpha value is -2.88. The lowest BCUT2D eigenvalue weighted by Crippen LogP contribution is -2.39. The zero-order valence-electron chi connectivity index (χ0n) is 20.3. The average Bonchev–Trinajstić information content (AvgIpc) is 3.46.